The standard InChI is InChI=1S/C10H12Br4/c11-7-4-2-1-3(4)5-6(9(7)13)10(14)8(5)12/h3-10H,1-2H2. The van der Waals surface area contributed by atoms with Crippen LogP contribution >= 0.6 is 63.7 Å². The quantitative estimate of drug-likeness (QED) is 0.481. The highest BCUT2D eigenvalue weighted by Gasteiger charge is 2.62. The predicted octanol–water partition coefficient (Wildman–Crippen LogP) is 4.33. The maximum atomic E-state index is 3.88. The number of alkyl halides is 4. The molecule has 0 heterocycles. The molecule has 4 heteroatoms. The van der Waals surface area contributed by atoms with Gasteiger partial charge in [-0.25, -0.2) is 0 Å². The van der Waals surface area contributed by atoms with E-state index in [9.17, 15) is 0 Å². The molecule has 0 bridgehead atoms. The van der Waals surface area contributed by atoms with Gasteiger partial charge in [-0.3, -0.25) is 0 Å². The average Bonchev–Trinajstić information content (AvgIpc) is 2.12. The Morgan fingerprint density at radius 3 is 1.64 bits per heavy atom. The van der Waals surface area contributed by atoms with E-state index in [1.807, 2.05) is 0 Å². The Morgan fingerprint density at radius 2 is 1.07 bits per heavy atom. The summed E-state index contributed by atoms with van der Waals surface area (Å²) >= 11 is 15.4. The summed E-state index contributed by atoms with van der Waals surface area (Å²) < 4.78 is 0. The van der Waals surface area contributed by atoms with Crippen molar-refractivity contribution in [1.82, 2.24) is 0 Å². The van der Waals surface area contributed by atoms with Gasteiger partial charge in [0.2, 0.25) is 0 Å². The zero-order valence-corrected chi connectivity index (χ0v) is 13.9. The molecule has 0 aromatic heterocycles. The maximum absolute atomic E-state index is 3.88. The summed E-state index contributed by atoms with van der Waals surface area (Å²) in [6.45, 7) is 0. The van der Waals surface area contributed by atoms with Crippen molar-refractivity contribution in [2.45, 2.75) is 32.2 Å². The third-order valence-corrected chi connectivity index (χ3v) is 10.7. The molecule has 8 atom stereocenters. The van der Waals surface area contributed by atoms with Crippen molar-refractivity contribution in [3.05, 3.63) is 0 Å². The van der Waals surface area contributed by atoms with Crippen molar-refractivity contribution in [2.75, 3.05) is 0 Å². The van der Waals surface area contributed by atoms with Crippen LogP contribution in [0, 0.1) is 23.7 Å². The van der Waals surface area contributed by atoms with Crippen LogP contribution in [0.3, 0.4) is 0 Å². The highest BCUT2D eigenvalue weighted by molar-refractivity contribution is 9.13. The lowest BCUT2D eigenvalue weighted by Crippen LogP contribution is -2.66. The number of fused-ring (bicyclic) bond motifs is 3. The van der Waals surface area contributed by atoms with Gasteiger partial charge in [0.15, 0.2) is 0 Å². The summed E-state index contributed by atoms with van der Waals surface area (Å²) in [5, 5.41) is 0. The fraction of sp³-hybridized carbons (Fsp3) is 1.00. The van der Waals surface area contributed by atoms with Gasteiger partial charge in [-0.15, -0.1) is 0 Å². The summed E-state index contributed by atoms with van der Waals surface area (Å²) in [4.78, 5) is 2.73. The van der Waals surface area contributed by atoms with Gasteiger partial charge < -0.3 is 0 Å². The minimum Gasteiger partial charge on any atom is -0.0875 e. The predicted molar refractivity (Wildman–Crippen MR) is 74.1 cm³/mol. The van der Waals surface area contributed by atoms with Crippen molar-refractivity contribution in [2.24, 2.45) is 23.7 Å². The van der Waals surface area contributed by atoms with Gasteiger partial charge in [0.1, 0.15) is 0 Å². The Bertz CT molecular complexity index is 241. The minimum absolute atomic E-state index is 0.659. The number of rotatable bonds is 0. The van der Waals surface area contributed by atoms with Crippen molar-refractivity contribution in [3.63, 3.8) is 0 Å². The third kappa shape index (κ3) is 1.26. The van der Waals surface area contributed by atoms with Crippen molar-refractivity contribution < 1.29 is 0 Å². The summed E-state index contributed by atoms with van der Waals surface area (Å²) in [5.41, 5.74) is 0. The van der Waals surface area contributed by atoms with Crippen molar-refractivity contribution in [1.29, 1.82) is 0 Å². The van der Waals surface area contributed by atoms with Gasteiger partial charge in [-0.05, 0) is 36.5 Å². The molecule has 0 saturated heterocycles. The van der Waals surface area contributed by atoms with Gasteiger partial charge in [0, 0.05) is 19.3 Å². The molecule has 0 aromatic rings. The van der Waals surface area contributed by atoms with E-state index in [-0.39, 0.29) is 0 Å². The monoisotopic (exact) mass is 448 g/mol. The molecule has 3 aliphatic rings. The normalized spacial score (nSPS) is 66.0. The van der Waals surface area contributed by atoms with E-state index in [4.69, 9.17) is 0 Å². The molecule has 8 unspecified atom stereocenters. The van der Waals surface area contributed by atoms with Crippen LogP contribution in [-0.2, 0) is 0 Å². The number of hydrogen-bond acceptors (Lipinski definition) is 0. The molecule has 3 rings (SSSR count). The molecule has 0 nitrogen and oxygen atoms in total. The SMILES string of the molecule is BrC1C(Br)C2C(Br)C(Br)C2C2CCC12. The van der Waals surface area contributed by atoms with Crippen LogP contribution in [0.1, 0.15) is 12.8 Å². The second kappa shape index (κ2) is 3.71. The van der Waals surface area contributed by atoms with E-state index in [1.165, 1.54) is 12.8 Å². The molecule has 3 saturated carbocycles. The van der Waals surface area contributed by atoms with Crippen molar-refractivity contribution in [3.8, 4) is 0 Å². The van der Waals surface area contributed by atoms with E-state index >= 15 is 0 Å². The highest BCUT2D eigenvalue weighted by Crippen LogP contribution is 2.64. The number of halogens is 4. The molecule has 3 fully saturated rings. The van der Waals surface area contributed by atoms with Crippen LogP contribution in [0.2, 0.25) is 0 Å². The maximum Gasteiger partial charge on any atom is 0.0316 e. The van der Waals surface area contributed by atoms with Crippen molar-refractivity contribution >= 4 is 63.7 Å². The number of hydrogen-bond donors (Lipinski definition) is 0. The van der Waals surface area contributed by atoms with Gasteiger partial charge in [0.25, 0.3) is 0 Å². The third-order valence-electron chi connectivity index (χ3n) is 4.44. The van der Waals surface area contributed by atoms with E-state index in [0.717, 1.165) is 23.7 Å². The lowest BCUT2D eigenvalue weighted by Gasteiger charge is -2.63. The molecular formula is C10H12Br4. The van der Waals surface area contributed by atoms with E-state index < -0.39 is 0 Å². The van der Waals surface area contributed by atoms with Gasteiger partial charge in [0.05, 0.1) is 0 Å². The van der Waals surface area contributed by atoms with Crippen LogP contribution < -0.4 is 0 Å². The molecule has 0 aliphatic heterocycles. The lowest BCUT2D eigenvalue weighted by molar-refractivity contribution is -0.0197. The fourth-order valence-corrected chi connectivity index (χ4v) is 8.11. The van der Waals surface area contributed by atoms with E-state index in [0.29, 0.717) is 19.3 Å². The molecular weight excluding hydrogens is 440 g/mol. The van der Waals surface area contributed by atoms with E-state index in [1.54, 1.807) is 0 Å². The van der Waals surface area contributed by atoms with Gasteiger partial charge in [-0.1, -0.05) is 63.7 Å². The Hall–Kier alpha value is 1.92. The molecule has 0 spiro atoms. The Balaban J connectivity index is 1.87. The van der Waals surface area contributed by atoms with E-state index in [2.05, 4.69) is 63.7 Å². The first-order chi connectivity index (χ1) is 6.63. The first-order valence-corrected chi connectivity index (χ1v) is 8.85. The first kappa shape index (κ1) is 11.0. The first-order valence-electron chi connectivity index (χ1n) is 5.19. The van der Waals surface area contributed by atoms with Gasteiger partial charge >= 0.3 is 0 Å². The van der Waals surface area contributed by atoms with Crippen LogP contribution in [-0.4, -0.2) is 19.3 Å². The summed E-state index contributed by atoms with van der Waals surface area (Å²) in [5.74, 6) is 3.65. The summed E-state index contributed by atoms with van der Waals surface area (Å²) in [7, 11) is 0. The molecule has 3 aliphatic carbocycles. The second-order valence-electron chi connectivity index (χ2n) is 4.84. The second-order valence-corrected chi connectivity index (χ2v) is 9.07. The molecule has 0 N–H and O–H groups in total. The van der Waals surface area contributed by atoms with Crippen LogP contribution in [0.15, 0.2) is 0 Å². The van der Waals surface area contributed by atoms with Gasteiger partial charge in [-0.2, -0.15) is 0 Å². The summed E-state index contributed by atoms with van der Waals surface area (Å²) in [6.07, 6.45) is 2.88. The largest absolute Gasteiger partial charge is 0.0875 e. The fourth-order valence-electron chi connectivity index (χ4n) is 3.49. The molecule has 0 aromatic carbocycles. The van der Waals surface area contributed by atoms with Crippen LogP contribution in [0.4, 0.5) is 0 Å². The lowest BCUT2D eigenvalue weighted by atomic mass is 9.50. The Kier molecular flexibility index (Phi) is 2.92. The van der Waals surface area contributed by atoms with Crippen LogP contribution in [0.5, 0.6) is 0 Å². The molecule has 80 valence electrons. The molecule has 14 heavy (non-hydrogen) atoms. The highest BCUT2D eigenvalue weighted by atomic mass is 79.9. The molecule has 0 radical (unpaired) electrons. The van der Waals surface area contributed by atoms with Crippen LogP contribution in [0.25, 0.3) is 0 Å². The summed E-state index contributed by atoms with van der Waals surface area (Å²) in [6, 6.07) is 0. The smallest absolute Gasteiger partial charge is 0.0316 e. The zero-order valence-electron chi connectivity index (χ0n) is 7.54. The Morgan fingerprint density at radius 1 is 0.571 bits per heavy atom. The topological polar surface area (TPSA) is 0 Å². The average molecular weight is 452 g/mol. The minimum atomic E-state index is 0.659. The Labute approximate surface area is 118 Å². The molecule has 0 amide bonds. The zero-order chi connectivity index (χ0) is 10.0.